The van der Waals surface area contributed by atoms with Crippen molar-refractivity contribution in [3.63, 3.8) is 0 Å². The molecular weight excluding hydrogens is 167 g/mol. The van der Waals surface area contributed by atoms with Crippen LogP contribution in [0.25, 0.3) is 0 Å². The second-order valence-corrected chi connectivity index (χ2v) is 3.63. The van der Waals surface area contributed by atoms with E-state index in [0.29, 0.717) is 0 Å². The van der Waals surface area contributed by atoms with Crippen molar-refractivity contribution in [1.29, 1.82) is 0 Å². The van der Waals surface area contributed by atoms with E-state index in [0.717, 1.165) is 30.6 Å². The van der Waals surface area contributed by atoms with Gasteiger partial charge in [-0.3, -0.25) is 0 Å². The first-order valence-corrected chi connectivity index (χ1v) is 4.42. The summed E-state index contributed by atoms with van der Waals surface area (Å²) in [6, 6.07) is 3.32. The van der Waals surface area contributed by atoms with Crippen LogP contribution in [0.2, 0.25) is 0 Å². The van der Waals surface area contributed by atoms with Gasteiger partial charge in [-0.15, -0.1) is 0 Å². The predicted octanol–water partition coefficient (Wildman–Crippen LogP) is 1.40. The van der Waals surface area contributed by atoms with Gasteiger partial charge in [-0.1, -0.05) is 0 Å². The van der Waals surface area contributed by atoms with Gasteiger partial charge in [0.1, 0.15) is 5.82 Å². The average molecular weight is 180 g/mol. The van der Waals surface area contributed by atoms with E-state index in [9.17, 15) is 4.39 Å². The molecule has 0 radical (unpaired) electrons. The monoisotopic (exact) mass is 180 g/mol. The van der Waals surface area contributed by atoms with Crippen LogP contribution < -0.4 is 5.73 Å². The zero-order valence-corrected chi connectivity index (χ0v) is 7.68. The van der Waals surface area contributed by atoms with Crippen LogP contribution in [0.3, 0.4) is 0 Å². The van der Waals surface area contributed by atoms with E-state index in [1.165, 1.54) is 0 Å². The highest BCUT2D eigenvalue weighted by atomic mass is 19.1. The zero-order chi connectivity index (χ0) is 9.42. The highest BCUT2D eigenvalue weighted by Crippen LogP contribution is 2.22. The Hall–Kier alpha value is -1.09. The number of nitrogen functional groups attached to an aromatic ring is 1. The van der Waals surface area contributed by atoms with Gasteiger partial charge in [-0.2, -0.15) is 0 Å². The first-order valence-electron chi connectivity index (χ1n) is 4.42. The molecular formula is C10H13FN2. The van der Waals surface area contributed by atoms with Gasteiger partial charge < -0.3 is 10.6 Å². The maximum atomic E-state index is 13.1. The minimum atomic E-state index is -0.289. The summed E-state index contributed by atoms with van der Waals surface area (Å²) in [5.74, 6) is -0.289. The summed E-state index contributed by atoms with van der Waals surface area (Å²) in [7, 11) is 2.06. The molecule has 70 valence electrons. The summed E-state index contributed by atoms with van der Waals surface area (Å²) >= 11 is 0. The predicted molar refractivity (Wildman–Crippen MR) is 50.9 cm³/mol. The molecule has 0 aromatic heterocycles. The fraction of sp³-hybridized carbons (Fsp3) is 0.400. The standard InChI is InChI=1S/C10H13FN2/c1-13-3-2-7-4-9(11)10(12)5-8(7)6-13/h4-5H,2-3,6,12H2,1H3. The molecule has 2 N–H and O–H groups in total. The fourth-order valence-corrected chi connectivity index (χ4v) is 1.74. The third-order valence-electron chi connectivity index (χ3n) is 2.52. The lowest BCUT2D eigenvalue weighted by atomic mass is 9.99. The number of nitrogens with zero attached hydrogens (tertiary/aromatic N) is 1. The topological polar surface area (TPSA) is 29.3 Å². The summed E-state index contributed by atoms with van der Waals surface area (Å²) in [6.07, 6.45) is 0.920. The second-order valence-electron chi connectivity index (χ2n) is 3.63. The van der Waals surface area contributed by atoms with Crippen molar-refractivity contribution in [3.8, 4) is 0 Å². The van der Waals surface area contributed by atoms with Crippen molar-refractivity contribution < 1.29 is 4.39 Å². The summed E-state index contributed by atoms with van der Waals surface area (Å²) in [5, 5.41) is 0. The molecule has 2 rings (SSSR count). The van der Waals surface area contributed by atoms with Gasteiger partial charge in [0.15, 0.2) is 0 Å². The fourth-order valence-electron chi connectivity index (χ4n) is 1.74. The van der Waals surface area contributed by atoms with Crippen LogP contribution in [0.15, 0.2) is 12.1 Å². The molecule has 3 heteroatoms. The first kappa shape index (κ1) is 8.51. The number of benzene rings is 1. The minimum Gasteiger partial charge on any atom is -0.396 e. The Balaban J connectivity index is 2.43. The van der Waals surface area contributed by atoms with Gasteiger partial charge in [-0.25, -0.2) is 4.39 Å². The maximum absolute atomic E-state index is 13.1. The molecule has 0 saturated heterocycles. The van der Waals surface area contributed by atoms with E-state index in [-0.39, 0.29) is 11.5 Å². The van der Waals surface area contributed by atoms with Crippen molar-refractivity contribution in [3.05, 3.63) is 29.1 Å². The Labute approximate surface area is 77.2 Å². The van der Waals surface area contributed by atoms with Crippen molar-refractivity contribution in [2.24, 2.45) is 0 Å². The number of halogens is 1. The van der Waals surface area contributed by atoms with Gasteiger partial charge in [0.25, 0.3) is 0 Å². The molecule has 0 atom stereocenters. The number of hydrogen-bond donors (Lipinski definition) is 1. The molecule has 1 heterocycles. The van der Waals surface area contributed by atoms with Gasteiger partial charge >= 0.3 is 0 Å². The molecule has 1 aliphatic rings. The van der Waals surface area contributed by atoms with Crippen molar-refractivity contribution in [2.75, 3.05) is 19.3 Å². The van der Waals surface area contributed by atoms with E-state index < -0.39 is 0 Å². The summed E-state index contributed by atoms with van der Waals surface area (Å²) < 4.78 is 13.1. The molecule has 0 fully saturated rings. The SMILES string of the molecule is CN1CCc2cc(F)c(N)cc2C1. The van der Waals surface area contributed by atoms with Crippen LogP contribution in [0.4, 0.5) is 10.1 Å². The normalized spacial score (nSPS) is 17.1. The lowest BCUT2D eigenvalue weighted by molar-refractivity contribution is 0.312. The van der Waals surface area contributed by atoms with Crippen LogP contribution in [-0.4, -0.2) is 18.5 Å². The first-order chi connectivity index (χ1) is 6.16. The third kappa shape index (κ3) is 1.52. The number of nitrogens with two attached hydrogens (primary N) is 1. The quantitative estimate of drug-likeness (QED) is 0.611. The Morgan fingerprint density at radius 2 is 2.15 bits per heavy atom. The third-order valence-corrected chi connectivity index (χ3v) is 2.52. The lowest BCUT2D eigenvalue weighted by Gasteiger charge is -2.25. The molecule has 0 aliphatic carbocycles. The Morgan fingerprint density at radius 3 is 2.92 bits per heavy atom. The van der Waals surface area contributed by atoms with Crippen LogP contribution >= 0.6 is 0 Å². The number of hydrogen-bond acceptors (Lipinski definition) is 2. The van der Waals surface area contributed by atoms with E-state index >= 15 is 0 Å². The summed E-state index contributed by atoms with van der Waals surface area (Å²) in [5.41, 5.74) is 8.02. The molecule has 1 aromatic rings. The van der Waals surface area contributed by atoms with Gasteiger partial charge in [0.2, 0.25) is 0 Å². The highest BCUT2D eigenvalue weighted by molar-refractivity contribution is 5.47. The van der Waals surface area contributed by atoms with Gasteiger partial charge in [-0.05, 0) is 36.7 Å². The molecule has 0 spiro atoms. The zero-order valence-electron chi connectivity index (χ0n) is 7.68. The number of fused-ring (bicyclic) bond motifs is 1. The van der Waals surface area contributed by atoms with E-state index in [1.54, 1.807) is 12.1 Å². The van der Waals surface area contributed by atoms with Crippen molar-refractivity contribution >= 4 is 5.69 Å². The van der Waals surface area contributed by atoms with Gasteiger partial charge in [0.05, 0.1) is 5.69 Å². The molecule has 13 heavy (non-hydrogen) atoms. The molecule has 0 saturated carbocycles. The van der Waals surface area contributed by atoms with Crippen LogP contribution in [0.5, 0.6) is 0 Å². The van der Waals surface area contributed by atoms with E-state index in [4.69, 9.17) is 5.73 Å². The summed E-state index contributed by atoms with van der Waals surface area (Å²) in [4.78, 5) is 2.21. The Bertz CT molecular complexity index is 336. The van der Waals surface area contributed by atoms with Crippen LogP contribution in [0, 0.1) is 5.82 Å². The van der Waals surface area contributed by atoms with Crippen LogP contribution in [0.1, 0.15) is 11.1 Å². The lowest BCUT2D eigenvalue weighted by Crippen LogP contribution is -2.26. The van der Waals surface area contributed by atoms with Crippen molar-refractivity contribution in [2.45, 2.75) is 13.0 Å². The Kier molecular flexibility index (Phi) is 1.96. The number of likely N-dealkylation sites (N-methyl/N-ethyl adjacent to an activating group) is 1. The van der Waals surface area contributed by atoms with Gasteiger partial charge in [0, 0.05) is 13.1 Å². The average Bonchev–Trinajstić information content (AvgIpc) is 2.08. The molecule has 1 aromatic carbocycles. The number of rotatable bonds is 0. The highest BCUT2D eigenvalue weighted by Gasteiger charge is 2.14. The largest absolute Gasteiger partial charge is 0.396 e. The van der Waals surface area contributed by atoms with Crippen molar-refractivity contribution in [1.82, 2.24) is 4.90 Å². The molecule has 0 bridgehead atoms. The Morgan fingerprint density at radius 1 is 1.38 bits per heavy atom. The van der Waals surface area contributed by atoms with E-state index in [1.807, 2.05) is 0 Å². The smallest absolute Gasteiger partial charge is 0.146 e. The maximum Gasteiger partial charge on any atom is 0.146 e. The summed E-state index contributed by atoms with van der Waals surface area (Å²) in [6.45, 7) is 1.87. The second kappa shape index (κ2) is 3.00. The molecule has 0 unspecified atom stereocenters. The molecule has 1 aliphatic heterocycles. The molecule has 0 amide bonds. The minimum absolute atomic E-state index is 0.258. The molecule has 2 nitrogen and oxygen atoms in total. The number of anilines is 1. The van der Waals surface area contributed by atoms with Crippen LogP contribution in [-0.2, 0) is 13.0 Å². The van der Waals surface area contributed by atoms with E-state index in [2.05, 4.69) is 11.9 Å².